The molecule has 4 heteroatoms. The Labute approximate surface area is 162 Å². The van der Waals surface area contributed by atoms with E-state index in [0.29, 0.717) is 17.3 Å². The number of aldehydes is 1. The van der Waals surface area contributed by atoms with Crippen LogP contribution in [0.2, 0.25) is 0 Å². The van der Waals surface area contributed by atoms with Gasteiger partial charge in [0.1, 0.15) is 22.5 Å². The molecule has 3 aliphatic rings. The van der Waals surface area contributed by atoms with E-state index in [0.717, 1.165) is 17.6 Å². The summed E-state index contributed by atoms with van der Waals surface area (Å²) in [4.78, 5) is 11.4. The summed E-state index contributed by atoms with van der Waals surface area (Å²) in [5, 5.41) is 0. The monoisotopic (exact) mass is 422 g/mol. The average Bonchev–Trinajstić information content (AvgIpc) is 2.98. The van der Waals surface area contributed by atoms with Gasteiger partial charge in [0.25, 0.3) is 0 Å². The molecule has 0 spiro atoms. The second-order valence-electron chi connectivity index (χ2n) is 8.65. The van der Waals surface area contributed by atoms with E-state index in [4.69, 9.17) is 4.18 Å². The molecule has 2 nitrogen and oxygen atoms in total. The summed E-state index contributed by atoms with van der Waals surface area (Å²) in [6.45, 7) is 4.63. The van der Waals surface area contributed by atoms with Crippen LogP contribution in [0.5, 0.6) is 5.75 Å². The van der Waals surface area contributed by atoms with Crippen molar-refractivity contribution in [1.82, 2.24) is 0 Å². The number of aryl methyl sites for hydroxylation is 1. The molecular weight excluding hydrogens is 396 g/mol. The standard InChI is InChI=1S/C21H27BrO2S/c1-13(12-23)19-7-8-20-18-5-3-14-11-15(24-25-22)4-6-16(14)17(18)9-10-21(19,20)2/h4,6,11-13,17-20H,3,5,7-10H2,1-2H3/t13-,17-,18-,19-,20+,21-/m1/s1. The minimum absolute atomic E-state index is 0.212. The first-order valence-corrected chi connectivity index (χ1v) is 12.2. The van der Waals surface area contributed by atoms with E-state index in [-0.39, 0.29) is 5.92 Å². The van der Waals surface area contributed by atoms with E-state index in [9.17, 15) is 4.79 Å². The number of benzene rings is 1. The fourth-order valence-corrected chi connectivity index (χ4v) is 7.28. The van der Waals surface area contributed by atoms with E-state index in [1.54, 1.807) is 5.56 Å². The molecule has 0 unspecified atom stereocenters. The van der Waals surface area contributed by atoms with Crippen LogP contribution in [0.3, 0.4) is 0 Å². The zero-order chi connectivity index (χ0) is 17.6. The molecule has 4 rings (SSSR count). The molecule has 1 aromatic rings. The molecule has 2 fully saturated rings. The fourth-order valence-electron chi connectivity index (χ4n) is 6.65. The van der Waals surface area contributed by atoms with E-state index in [2.05, 4.69) is 46.9 Å². The summed E-state index contributed by atoms with van der Waals surface area (Å²) in [6, 6.07) is 6.67. The lowest BCUT2D eigenvalue weighted by molar-refractivity contribution is -0.114. The lowest BCUT2D eigenvalue weighted by atomic mass is 9.53. The second-order valence-corrected chi connectivity index (χ2v) is 9.73. The molecule has 25 heavy (non-hydrogen) atoms. The molecule has 0 amide bonds. The summed E-state index contributed by atoms with van der Waals surface area (Å²) < 4.78 is 5.55. The Balaban J connectivity index is 1.61. The lowest BCUT2D eigenvalue weighted by Crippen LogP contribution is -2.43. The van der Waals surface area contributed by atoms with Crippen LogP contribution in [0.25, 0.3) is 0 Å². The molecule has 6 atom stereocenters. The SMILES string of the molecule is C[C@H](C=O)[C@H]1CC[C@H]2[C@@H]3CCc4cc(OSBr)ccc4[C@H]3CC[C@]12C. The van der Waals surface area contributed by atoms with Gasteiger partial charge in [0.05, 0.1) is 0 Å². The summed E-state index contributed by atoms with van der Waals surface area (Å²) in [5.74, 6) is 4.04. The Morgan fingerprint density at radius 1 is 1.32 bits per heavy atom. The minimum Gasteiger partial charge on any atom is -0.414 e. The van der Waals surface area contributed by atoms with Crippen molar-refractivity contribution in [1.29, 1.82) is 0 Å². The average molecular weight is 423 g/mol. The van der Waals surface area contributed by atoms with E-state index < -0.39 is 0 Å². The highest BCUT2D eigenvalue weighted by Gasteiger charge is 2.55. The van der Waals surface area contributed by atoms with Crippen LogP contribution in [-0.2, 0) is 11.2 Å². The Morgan fingerprint density at radius 3 is 2.92 bits per heavy atom. The van der Waals surface area contributed by atoms with Gasteiger partial charge in [-0.15, -0.1) is 0 Å². The molecule has 0 bridgehead atoms. The first-order valence-electron chi connectivity index (χ1n) is 9.62. The Hall–Kier alpha value is -0.480. The molecular formula is C21H27BrO2S. The minimum atomic E-state index is 0.212. The lowest BCUT2D eigenvalue weighted by Gasteiger charge is -2.51. The van der Waals surface area contributed by atoms with Gasteiger partial charge in [0.15, 0.2) is 0 Å². The van der Waals surface area contributed by atoms with Crippen LogP contribution >= 0.6 is 25.3 Å². The van der Waals surface area contributed by atoms with Crippen molar-refractivity contribution in [3.8, 4) is 5.75 Å². The molecule has 0 saturated heterocycles. The van der Waals surface area contributed by atoms with Crippen molar-refractivity contribution in [2.45, 2.75) is 58.3 Å². The number of hydrogen-bond acceptors (Lipinski definition) is 3. The Bertz CT molecular complexity index is 663. The molecule has 1 aromatic carbocycles. The van der Waals surface area contributed by atoms with Gasteiger partial charge in [-0.3, -0.25) is 0 Å². The third kappa shape index (κ3) is 2.88. The highest BCUT2D eigenvalue weighted by molar-refractivity contribution is 9.49. The summed E-state index contributed by atoms with van der Waals surface area (Å²) >= 11 is 3.27. The number of hydrogen-bond donors (Lipinski definition) is 0. The first-order chi connectivity index (χ1) is 12.1. The summed E-state index contributed by atoms with van der Waals surface area (Å²) in [5.41, 5.74) is 3.42. The quantitative estimate of drug-likeness (QED) is 0.418. The van der Waals surface area contributed by atoms with Gasteiger partial charge >= 0.3 is 0 Å². The van der Waals surface area contributed by atoms with Crippen LogP contribution in [0.4, 0.5) is 0 Å². The largest absolute Gasteiger partial charge is 0.414 e. The van der Waals surface area contributed by atoms with Gasteiger partial charge < -0.3 is 8.98 Å². The Morgan fingerprint density at radius 2 is 2.16 bits per heavy atom. The highest BCUT2D eigenvalue weighted by atomic mass is 79.9. The van der Waals surface area contributed by atoms with E-state index in [1.165, 1.54) is 60.9 Å². The topological polar surface area (TPSA) is 26.3 Å². The van der Waals surface area contributed by atoms with E-state index in [1.807, 2.05) is 0 Å². The predicted molar refractivity (Wildman–Crippen MR) is 107 cm³/mol. The normalized spacial score (nSPS) is 37.6. The van der Waals surface area contributed by atoms with Gasteiger partial charge in [-0.05, 0) is 90.9 Å². The van der Waals surface area contributed by atoms with Crippen molar-refractivity contribution in [2.24, 2.45) is 29.1 Å². The van der Waals surface area contributed by atoms with Gasteiger partial charge in [-0.2, -0.15) is 0 Å². The Kier molecular flexibility index (Phi) is 4.96. The molecule has 0 N–H and O–H groups in total. The van der Waals surface area contributed by atoms with Gasteiger partial charge in [0, 0.05) is 20.7 Å². The maximum absolute atomic E-state index is 11.4. The molecule has 0 radical (unpaired) electrons. The number of carbonyl (C=O) groups is 1. The number of fused-ring (bicyclic) bond motifs is 5. The third-order valence-electron chi connectivity index (χ3n) is 7.75. The highest BCUT2D eigenvalue weighted by Crippen LogP contribution is 2.64. The van der Waals surface area contributed by atoms with Gasteiger partial charge in [-0.1, -0.05) is 19.9 Å². The smallest absolute Gasteiger partial charge is 0.138 e. The number of carbonyl (C=O) groups excluding carboxylic acids is 1. The fraction of sp³-hybridized carbons (Fsp3) is 0.667. The molecule has 136 valence electrons. The van der Waals surface area contributed by atoms with Gasteiger partial charge in [0.2, 0.25) is 0 Å². The summed E-state index contributed by atoms with van der Waals surface area (Å²) in [7, 11) is 1.23. The van der Waals surface area contributed by atoms with Crippen LogP contribution in [0, 0.1) is 29.1 Å². The van der Waals surface area contributed by atoms with E-state index >= 15 is 0 Å². The zero-order valence-electron chi connectivity index (χ0n) is 15.0. The summed E-state index contributed by atoms with van der Waals surface area (Å²) in [6.07, 6.45) is 8.77. The molecule has 0 aromatic heterocycles. The van der Waals surface area contributed by atoms with Crippen molar-refractivity contribution < 1.29 is 8.98 Å². The van der Waals surface area contributed by atoms with Crippen molar-refractivity contribution >= 4 is 31.6 Å². The second kappa shape index (κ2) is 6.92. The predicted octanol–water partition coefficient (Wildman–Crippen LogP) is 6.33. The first kappa shape index (κ1) is 17.9. The molecule has 2 saturated carbocycles. The maximum atomic E-state index is 11.4. The zero-order valence-corrected chi connectivity index (χ0v) is 17.4. The van der Waals surface area contributed by atoms with Crippen molar-refractivity contribution in [3.63, 3.8) is 0 Å². The number of rotatable bonds is 4. The maximum Gasteiger partial charge on any atom is 0.138 e. The molecule has 0 heterocycles. The van der Waals surface area contributed by atoms with Crippen LogP contribution in [0.15, 0.2) is 18.2 Å². The number of halogens is 1. The van der Waals surface area contributed by atoms with Gasteiger partial charge in [-0.25, -0.2) is 0 Å². The van der Waals surface area contributed by atoms with Crippen molar-refractivity contribution in [3.05, 3.63) is 29.3 Å². The molecule has 3 aliphatic carbocycles. The molecule has 0 aliphatic heterocycles. The third-order valence-corrected chi connectivity index (χ3v) is 8.40. The van der Waals surface area contributed by atoms with Crippen LogP contribution < -0.4 is 4.18 Å². The van der Waals surface area contributed by atoms with Crippen LogP contribution in [-0.4, -0.2) is 6.29 Å². The van der Waals surface area contributed by atoms with Crippen molar-refractivity contribution in [2.75, 3.05) is 0 Å². The van der Waals surface area contributed by atoms with Crippen LogP contribution in [0.1, 0.15) is 63.0 Å².